The van der Waals surface area contributed by atoms with Crippen molar-refractivity contribution in [3.63, 3.8) is 0 Å². The van der Waals surface area contributed by atoms with Gasteiger partial charge in [0.05, 0.1) is 20.6 Å². The van der Waals surface area contributed by atoms with Gasteiger partial charge in [-0.15, -0.1) is 0 Å². The van der Waals surface area contributed by atoms with E-state index in [4.69, 9.17) is 25.9 Å². The Morgan fingerprint density at radius 3 is 1.30 bits per heavy atom. The van der Waals surface area contributed by atoms with Gasteiger partial charge in [0.2, 0.25) is 0 Å². The lowest BCUT2D eigenvalue weighted by atomic mass is 9.91. The molecule has 0 atom stereocenters. The zero-order valence-electron chi connectivity index (χ0n) is 43.2. The van der Waals surface area contributed by atoms with Crippen LogP contribution in [0, 0.1) is 0 Å². The van der Waals surface area contributed by atoms with Crippen LogP contribution >= 0.6 is 0 Å². The Kier molecular flexibility index (Phi) is 4.85. The van der Waals surface area contributed by atoms with Crippen molar-refractivity contribution in [3.8, 4) is 67.5 Å². The first-order valence-corrected chi connectivity index (χ1v) is 17.1. The summed E-state index contributed by atoms with van der Waals surface area (Å²) in [7, 11) is 0. The molecule has 0 N–H and O–H groups in total. The molecule has 54 heavy (non-hydrogen) atoms. The first kappa shape index (κ1) is 19.6. The molecule has 0 spiro atoms. The molecule has 1 heterocycles. The average molecular weight is 703 g/mol. The van der Waals surface area contributed by atoms with Gasteiger partial charge >= 0.3 is 0 Å². The molecule has 0 aliphatic carbocycles. The SMILES string of the molecule is [2H]c1c([2H])c(-c2c([2H])c([2H])c3c4c([2H])c([2H])c([2H])c([2H])c4c4c([2H])c([2H])c([2H])c([2H])c4c3c2[2H])c([2H])c([2H])c1-c1nc(-c2ccccc2)nc(-c2ccccc2-c2ccccc2-c2ccccc2)n1. The maximum absolute atomic E-state index is 9.67. The molecule has 0 aliphatic rings. The van der Waals surface area contributed by atoms with E-state index in [1.165, 1.54) is 0 Å². The molecule has 0 saturated heterocycles. The van der Waals surface area contributed by atoms with E-state index in [0.29, 0.717) is 11.1 Å². The number of nitrogens with zero attached hydrogens (tertiary/aromatic N) is 3. The van der Waals surface area contributed by atoms with Gasteiger partial charge in [0.15, 0.2) is 17.5 Å². The van der Waals surface area contributed by atoms with Gasteiger partial charge in [0.1, 0.15) is 0 Å². The summed E-state index contributed by atoms with van der Waals surface area (Å²) in [5.74, 6) is 0.114. The standard InChI is InChI=1S/C51H33N3/c1-3-15-35(16-4-1)39-19-7-8-20-40(39)44-24-13-14-26-47(44)51-53-49(36-17-5-2-6-18-36)52-50(54-51)37-29-27-34(28-30-37)38-31-32-46-43-23-10-9-21-41(43)42-22-11-12-25-45(42)48(46)33-38/h1-33H/i9D,10D,11D,12D,21D,22D,23D,25D,27D,28D,29D,30D,31D,32D,33D. The van der Waals surface area contributed by atoms with Gasteiger partial charge in [0, 0.05) is 16.7 Å². The van der Waals surface area contributed by atoms with E-state index < -0.39 is 107 Å². The molecule has 0 fully saturated rings. The topological polar surface area (TPSA) is 38.7 Å². The molecule has 0 unspecified atom stereocenters. The van der Waals surface area contributed by atoms with E-state index in [0.717, 1.165) is 22.3 Å². The van der Waals surface area contributed by atoms with Crippen LogP contribution in [0.1, 0.15) is 20.6 Å². The van der Waals surface area contributed by atoms with Crippen molar-refractivity contribution in [1.82, 2.24) is 15.0 Å². The van der Waals surface area contributed by atoms with Gasteiger partial charge < -0.3 is 0 Å². The van der Waals surface area contributed by atoms with Crippen LogP contribution in [-0.2, 0) is 0 Å². The molecule has 3 nitrogen and oxygen atoms in total. The van der Waals surface area contributed by atoms with Gasteiger partial charge in [-0.1, -0.05) is 194 Å². The highest BCUT2D eigenvalue weighted by molar-refractivity contribution is 6.25. The van der Waals surface area contributed by atoms with Gasteiger partial charge in [-0.2, -0.15) is 0 Å². The molecule has 0 aliphatic heterocycles. The summed E-state index contributed by atoms with van der Waals surface area (Å²) in [6, 6.07) is 23.6. The van der Waals surface area contributed by atoms with Gasteiger partial charge in [0.25, 0.3) is 0 Å². The van der Waals surface area contributed by atoms with Crippen molar-refractivity contribution in [2.45, 2.75) is 0 Å². The molecule has 252 valence electrons. The molecular weight excluding hydrogens is 655 g/mol. The highest BCUT2D eigenvalue weighted by atomic mass is 15.0. The predicted octanol–water partition coefficient (Wildman–Crippen LogP) is 13.3. The van der Waals surface area contributed by atoms with E-state index >= 15 is 0 Å². The number of benzene rings is 9. The summed E-state index contributed by atoms with van der Waals surface area (Å²) in [5.41, 5.74) is 3.22. The minimum absolute atomic E-state index is 0.162. The minimum atomic E-state index is -0.781. The van der Waals surface area contributed by atoms with Crippen LogP contribution in [0.15, 0.2) is 200 Å². The highest BCUT2D eigenvalue weighted by Crippen LogP contribution is 2.39. The molecule has 10 rings (SSSR count). The molecule has 0 amide bonds. The molecule has 0 saturated carbocycles. The van der Waals surface area contributed by atoms with Crippen molar-refractivity contribution in [2.24, 2.45) is 0 Å². The lowest BCUT2D eigenvalue weighted by Gasteiger charge is -2.15. The molecule has 0 radical (unpaired) electrons. The highest BCUT2D eigenvalue weighted by Gasteiger charge is 2.18. The fourth-order valence-electron chi connectivity index (χ4n) is 6.66. The van der Waals surface area contributed by atoms with Crippen LogP contribution < -0.4 is 0 Å². The largest absolute Gasteiger partial charge is 0.208 e. The summed E-state index contributed by atoms with van der Waals surface area (Å²) in [4.78, 5) is 14.5. The summed E-state index contributed by atoms with van der Waals surface area (Å²) >= 11 is 0. The molecule has 1 aromatic heterocycles. The third-order valence-corrected chi connectivity index (χ3v) is 9.17. The number of rotatable bonds is 6. The van der Waals surface area contributed by atoms with Crippen LogP contribution in [-0.4, -0.2) is 15.0 Å². The Morgan fingerprint density at radius 1 is 0.278 bits per heavy atom. The average Bonchev–Trinajstić information content (AvgIpc) is 3.37. The van der Waals surface area contributed by atoms with Crippen LogP contribution in [0.3, 0.4) is 0 Å². The quantitative estimate of drug-likeness (QED) is 0.162. The fraction of sp³-hybridized carbons (Fsp3) is 0. The Morgan fingerprint density at radius 2 is 0.685 bits per heavy atom. The summed E-state index contributed by atoms with van der Waals surface area (Å²) in [6.45, 7) is 0. The predicted molar refractivity (Wildman–Crippen MR) is 225 cm³/mol. The summed E-state index contributed by atoms with van der Waals surface area (Å²) in [5, 5.41) is -2.19. The van der Waals surface area contributed by atoms with Crippen LogP contribution in [0.5, 0.6) is 0 Å². The van der Waals surface area contributed by atoms with E-state index in [1.807, 2.05) is 84.9 Å². The first-order chi connectivity index (χ1) is 33.0. The lowest BCUT2D eigenvalue weighted by molar-refractivity contribution is 1.07. The smallest absolute Gasteiger partial charge is 0.164 e. The number of fused-ring (bicyclic) bond motifs is 6. The second-order valence-corrected chi connectivity index (χ2v) is 12.4. The Balaban J connectivity index is 1.26. The number of hydrogen-bond acceptors (Lipinski definition) is 3. The van der Waals surface area contributed by atoms with Crippen molar-refractivity contribution >= 4 is 32.3 Å². The second-order valence-electron chi connectivity index (χ2n) is 12.4. The van der Waals surface area contributed by atoms with Crippen molar-refractivity contribution in [3.05, 3.63) is 200 Å². The molecule has 0 bridgehead atoms. The van der Waals surface area contributed by atoms with Crippen LogP contribution in [0.4, 0.5) is 0 Å². The van der Waals surface area contributed by atoms with Crippen LogP contribution in [0.2, 0.25) is 0 Å². The third-order valence-electron chi connectivity index (χ3n) is 9.17. The molecule has 3 heteroatoms. The van der Waals surface area contributed by atoms with E-state index in [9.17, 15) is 9.60 Å². The van der Waals surface area contributed by atoms with Crippen molar-refractivity contribution < 1.29 is 20.6 Å². The van der Waals surface area contributed by atoms with Crippen molar-refractivity contribution in [2.75, 3.05) is 0 Å². The monoisotopic (exact) mass is 702 g/mol. The molecular formula is C51H33N3. The Labute approximate surface area is 335 Å². The van der Waals surface area contributed by atoms with Gasteiger partial charge in [-0.3, -0.25) is 0 Å². The second kappa shape index (κ2) is 13.4. The van der Waals surface area contributed by atoms with Gasteiger partial charge in [-0.25, -0.2) is 15.0 Å². The number of aromatic nitrogens is 3. The number of hydrogen-bond donors (Lipinski definition) is 0. The maximum atomic E-state index is 9.67. The third kappa shape index (κ3) is 5.60. The Bertz CT molecular complexity index is 3780. The lowest BCUT2D eigenvalue weighted by Crippen LogP contribution is -2.01. The summed E-state index contributed by atoms with van der Waals surface area (Å²) < 4.78 is 136. The van der Waals surface area contributed by atoms with Gasteiger partial charge in [-0.05, 0) is 71.7 Å². The molecule has 10 aromatic rings. The fourth-order valence-corrected chi connectivity index (χ4v) is 6.66. The van der Waals surface area contributed by atoms with E-state index in [1.54, 1.807) is 24.3 Å². The summed E-state index contributed by atoms with van der Waals surface area (Å²) in [6.07, 6.45) is 0. The zero-order valence-corrected chi connectivity index (χ0v) is 28.2. The maximum Gasteiger partial charge on any atom is 0.164 e. The normalized spacial score (nSPS) is 15.2. The zero-order chi connectivity index (χ0) is 48.9. The van der Waals surface area contributed by atoms with E-state index in [-0.39, 0.29) is 50.0 Å². The minimum Gasteiger partial charge on any atom is -0.208 e. The van der Waals surface area contributed by atoms with Crippen molar-refractivity contribution in [1.29, 1.82) is 0 Å². The Hall–Kier alpha value is -7.23. The van der Waals surface area contributed by atoms with E-state index in [2.05, 4.69) is 0 Å². The molecule has 9 aromatic carbocycles. The van der Waals surface area contributed by atoms with Crippen LogP contribution in [0.25, 0.3) is 99.9 Å². The first-order valence-electron chi connectivity index (χ1n) is 24.6.